The number of hydrogen-bond acceptors (Lipinski definition) is 4. The standard InChI is InChI=1S/C20H27N3O2/c1-22-14-11-21-20(22)19(24)17-9-6-13-23(15-17)12-5-8-16-7-3-4-10-18(16)25-2/h3-5,7-8,10-11,14,17,19,24H,6,9,12-13,15H2,1-2H3/b8-5+. The second-order valence-electron chi connectivity index (χ2n) is 6.65. The topological polar surface area (TPSA) is 50.5 Å². The van der Waals surface area contributed by atoms with Crippen molar-refractivity contribution in [1.82, 2.24) is 14.5 Å². The minimum absolute atomic E-state index is 0.231. The SMILES string of the molecule is COc1ccccc1/C=C/CN1CCCC(C(O)c2nccn2C)C1. The fourth-order valence-electron chi connectivity index (χ4n) is 3.52. The van der Waals surface area contributed by atoms with Crippen LogP contribution in [0.5, 0.6) is 5.75 Å². The number of likely N-dealkylation sites (tertiary alicyclic amines) is 1. The van der Waals surface area contributed by atoms with Gasteiger partial charge in [-0.1, -0.05) is 30.4 Å². The molecule has 1 aliphatic heterocycles. The Kier molecular flexibility index (Phi) is 5.89. The van der Waals surface area contributed by atoms with Crippen molar-refractivity contribution in [3.63, 3.8) is 0 Å². The zero-order valence-electron chi connectivity index (χ0n) is 15.0. The summed E-state index contributed by atoms with van der Waals surface area (Å²) in [5, 5.41) is 10.7. The van der Waals surface area contributed by atoms with Gasteiger partial charge in [0, 0.05) is 44.0 Å². The summed E-state index contributed by atoms with van der Waals surface area (Å²) in [7, 11) is 3.63. The van der Waals surface area contributed by atoms with E-state index < -0.39 is 6.10 Å². The van der Waals surface area contributed by atoms with Crippen LogP contribution in [0, 0.1) is 5.92 Å². The average molecular weight is 341 g/mol. The normalized spacial score (nSPS) is 20.0. The number of hydrogen-bond donors (Lipinski definition) is 1. The fraction of sp³-hybridized carbons (Fsp3) is 0.450. The largest absolute Gasteiger partial charge is 0.496 e. The van der Waals surface area contributed by atoms with E-state index in [1.54, 1.807) is 13.3 Å². The van der Waals surface area contributed by atoms with Crippen molar-refractivity contribution in [2.75, 3.05) is 26.7 Å². The minimum atomic E-state index is -0.499. The van der Waals surface area contributed by atoms with Crippen molar-refractivity contribution < 1.29 is 9.84 Å². The molecule has 1 N–H and O–H groups in total. The van der Waals surface area contributed by atoms with Gasteiger partial charge in [-0.3, -0.25) is 4.90 Å². The van der Waals surface area contributed by atoms with Gasteiger partial charge in [-0.25, -0.2) is 4.98 Å². The van der Waals surface area contributed by atoms with Crippen LogP contribution in [0.3, 0.4) is 0 Å². The van der Waals surface area contributed by atoms with Crippen molar-refractivity contribution in [3.8, 4) is 5.75 Å². The summed E-state index contributed by atoms with van der Waals surface area (Å²) in [6.07, 6.45) is 9.56. The van der Waals surface area contributed by atoms with Gasteiger partial charge in [0.1, 0.15) is 17.7 Å². The van der Waals surface area contributed by atoms with Crippen LogP contribution >= 0.6 is 0 Å². The molecule has 0 amide bonds. The first-order valence-electron chi connectivity index (χ1n) is 8.86. The number of aliphatic hydroxyl groups is 1. The molecule has 0 saturated carbocycles. The smallest absolute Gasteiger partial charge is 0.137 e. The third kappa shape index (κ3) is 4.30. The zero-order valence-corrected chi connectivity index (χ0v) is 15.0. The maximum absolute atomic E-state index is 10.7. The van der Waals surface area contributed by atoms with E-state index in [9.17, 15) is 5.11 Å². The highest BCUT2D eigenvalue weighted by atomic mass is 16.5. The molecule has 1 saturated heterocycles. The van der Waals surface area contributed by atoms with Crippen molar-refractivity contribution >= 4 is 6.08 Å². The van der Waals surface area contributed by atoms with E-state index >= 15 is 0 Å². The number of nitrogens with zero attached hydrogens (tertiary/aromatic N) is 3. The van der Waals surface area contributed by atoms with E-state index in [1.165, 1.54) is 0 Å². The molecule has 134 valence electrons. The Morgan fingerprint density at radius 2 is 2.24 bits per heavy atom. The lowest BCUT2D eigenvalue weighted by Crippen LogP contribution is -2.38. The lowest BCUT2D eigenvalue weighted by atomic mass is 9.92. The molecule has 1 aromatic heterocycles. The Hall–Kier alpha value is -2.11. The molecule has 5 heteroatoms. The number of imidazole rings is 1. The first kappa shape index (κ1) is 17.7. The van der Waals surface area contributed by atoms with Crippen LogP contribution in [0.15, 0.2) is 42.7 Å². The third-order valence-electron chi connectivity index (χ3n) is 4.91. The van der Waals surface area contributed by atoms with Gasteiger partial charge in [-0.2, -0.15) is 0 Å². The number of piperidine rings is 1. The van der Waals surface area contributed by atoms with Crippen LogP contribution in [0.1, 0.15) is 30.3 Å². The maximum Gasteiger partial charge on any atom is 0.137 e. The van der Waals surface area contributed by atoms with Crippen molar-refractivity contribution in [1.29, 1.82) is 0 Å². The Bertz CT molecular complexity index is 710. The average Bonchev–Trinajstić information content (AvgIpc) is 3.07. The summed E-state index contributed by atoms with van der Waals surface area (Å²) < 4.78 is 7.29. The van der Waals surface area contributed by atoms with Crippen LogP contribution in [-0.2, 0) is 7.05 Å². The predicted molar refractivity (Wildman–Crippen MR) is 99.4 cm³/mol. The summed E-state index contributed by atoms with van der Waals surface area (Å²) >= 11 is 0. The molecule has 2 unspecified atom stereocenters. The van der Waals surface area contributed by atoms with Gasteiger partial charge in [0.05, 0.1) is 7.11 Å². The number of aryl methyl sites for hydroxylation is 1. The minimum Gasteiger partial charge on any atom is -0.496 e. The van der Waals surface area contributed by atoms with Crippen molar-refractivity contribution in [3.05, 3.63) is 54.1 Å². The van der Waals surface area contributed by atoms with Crippen molar-refractivity contribution in [2.45, 2.75) is 18.9 Å². The highest BCUT2D eigenvalue weighted by Gasteiger charge is 2.28. The van der Waals surface area contributed by atoms with Crippen LogP contribution < -0.4 is 4.74 Å². The first-order valence-corrected chi connectivity index (χ1v) is 8.86. The van der Waals surface area contributed by atoms with Gasteiger partial charge in [0.15, 0.2) is 0 Å². The van der Waals surface area contributed by atoms with E-state index in [-0.39, 0.29) is 5.92 Å². The number of ether oxygens (including phenoxy) is 1. The van der Waals surface area contributed by atoms with Gasteiger partial charge in [-0.15, -0.1) is 0 Å². The van der Waals surface area contributed by atoms with Gasteiger partial charge in [0.2, 0.25) is 0 Å². The Labute approximate surface area is 149 Å². The molecular weight excluding hydrogens is 314 g/mol. The van der Waals surface area contributed by atoms with E-state index in [2.05, 4.69) is 28.1 Å². The van der Waals surface area contributed by atoms with Crippen LogP contribution in [-0.4, -0.2) is 46.3 Å². The zero-order chi connectivity index (χ0) is 17.6. The molecule has 5 nitrogen and oxygen atoms in total. The third-order valence-corrected chi connectivity index (χ3v) is 4.91. The van der Waals surface area contributed by atoms with E-state index in [4.69, 9.17) is 4.74 Å². The number of para-hydroxylation sites is 1. The summed E-state index contributed by atoms with van der Waals surface area (Å²) in [6, 6.07) is 8.02. The molecular formula is C20H27N3O2. The molecule has 1 aliphatic rings. The van der Waals surface area contributed by atoms with Gasteiger partial charge >= 0.3 is 0 Å². The van der Waals surface area contributed by atoms with E-state index in [1.807, 2.05) is 36.0 Å². The molecule has 0 aliphatic carbocycles. The highest BCUT2D eigenvalue weighted by Crippen LogP contribution is 2.28. The molecule has 0 radical (unpaired) electrons. The maximum atomic E-state index is 10.7. The summed E-state index contributed by atoms with van der Waals surface area (Å²) in [4.78, 5) is 6.70. The molecule has 1 fully saturated rings. The van der Waals surface area contributed by atoms with Gasteiger partial charge < -0.3 is 14.4 Å². The molecule has 25 heavy (non-hydrogen) atoms. The Morgan fingerprint density at radius 3 is 3.00 bits per heavy atom. The number of rotatable bonds is 6. The molecule has 2 atom stereocenters. The molecule has 3 rings (SSSR count). The van der Waals surface area contributed by atoms with Crippen LogP contribution in [0.25, 0.3) is 6.08 Å². The van der Waals surface area contributed by atoms with Crippen molar-refractivity contribution in [2.24, 2.45) is 13.0 Å². The first-order chi connectivity index (χ1) is 12.2. The predicted octanol–water partition coefficient (Wildman–Crippen LogP) is 2.89. The van der Waals surface area contributed by atoms with Crippen LogP contribution in [0.4, 0.5) is 0 Å². The lowest BCUT2D eigenvalue weighted by molar-refractivity contribution is 0.0468. The van der Waals surface area contributed by atoms with Gasteiger partial charge in [-0.05, 0) is 25.5 Å². The number of methoxy groups -OCH3 is 1. The Balaban J connectivity index is 1.58. The lowest BCUT2D eigenvalue weighted by Gasteiger charge is -2.34. The molecule has 1 aromatic carbocycles. The number of aliphatic hydroxyl groups excluding tert-OH is 1. The highest BCUT2D eigenvalue weighted by molar-refractivity contribution is 5.57. The summed E-state index contributed by atoms with van der Waals surface area (Å²) in [6.45, 7) is 2.84. The monoisotopic (exact) mass is 341 g/mol. The quantitative estimate of drug-likeness (QED) is 0.878. The molecule has 0 spiro atoms. The second-order valence-corrected chi connectivity index (χ2v) is 6.65. The molecule has 2 heterocycles. The molecule has 2 aromatic rings. The Morgan fingerprint density at radius 1 is 1.40 bits per heavy atom. The summed E-state index contributed by atoms with van der Waals surface area (Å²) in [5.41, 5.74) is 1.09. The summed E-state index contributed by atoms with van der Waals surface area (Å²) in [5.74, 6) is 1.88. The van der Waals surface area contributed by atoms with E-state index in [0.717, 1.165) is 49.6 Å². The van der Waals surface area contributed by atoms with E-state index in [0.29, 0.717) is 0 Å². The molecule has 0 bridgehead atoms. The second kappa shape index (κ2) is 8.32. The van der Waals surface area contributed by atoms with Gasteiger partial charge in [0.25, 0.3) is 0 Å². The number of aromatic nitrogens is 2. The number of benzene rings is 1. The fourth-order valence-corrected chi connectivity index (χ4v) is 3.52. The van der Waals surface area contributed by atoms with Crippen LogP contribution in [0.2, 0.25) is 0 Å².